The van der Waals surface area contributed by atoms with Crippen LogP contribution in [0.5, 0.6) is 0 Å². The Morgan fingerprint density at radius 2 is 2.06 bits per heavy atom. The number of nitrogens with zero attached hydrogens (tertiary/aromatic N) is 4. The average Bonchev–Trinajstić information content (AvgIpc) is 3.53. The van der Waals surface area contributed by atoms with Gasteiger partial charge in [-0.15, -0.1) is 21.5 Å². The maximum Gasteiger partial charge on any atom is 0.325 e. The Bertz CT molecular complexity index is 1230. The summed E-state index contributed by atoms with van der Waals surface area (Å²) in [7, 11) is 0. The van der Waals surface area contributed by atoms with Crippen LogP contribution in [-0.2, 0) is 21.7 Å². The van der Waals surface area contributed by atoms with E-state index in [4.69, 9.17) is 4.42 Å². The number of hydrogen-bond donors (Lipinski definition) is 1. The highest BCUT2D eigenvalue weighted by Gasteiger charge is 2.51. The Balaban J connectivity index is 1.50. The van der Waals surface area contributed by atoms with Crippen LogP contribution in [0.2, 0.25) is 0 Å². The number of urea groups is 1. The Labute approximate surface area is 197 Å². The van der Waals surface area contributed by atoms with Crippen molar-refractivity contribution in [3.63, 3.8) is 0 Å². The summed E-state index contributed by atoms with van der Waals surface area (Å²) in [4.78, 5) is 41.5. The quantitative estimate of drug-likeness (QED) is 0.487. The highest BCUT2D eigenvalue weighted by molar-refractivity contribution is 7.13. The molecular formula is C22H21F2N5O4S. The SMILES string of the molecule is CCCN(Cc1nnc(-c2cccs2)o1)C(=O)CN1C(=O)NC(C)(c2cc(F)ccc2F)C1=O. The second-order valence-corrected chi connectivity index (χ2v) is 8.81. The van der Waals surface area contributed by atoms with Gasteiger partial charge in [0.1, 0.15) is 23.7 Å². The van der Waals surface area contributed by atoms with Crippen molar-refractivity contribution in [3.05, 3.63) is 58.8 Å². The predicted molar refractivity (Wildman–Crippen MR) is 117 cm³/mol. The Hall–Kier alpha value is -3.67. The highest BCUT2D eigenvalue weighted by Crippen LogP contribution is 2.31. The van der Waals surface area contributed by atoms with Gasteiger partial charge in [-0.25, -0.2) is 13.6 Å². The van der Waals surface area contributed by atoms with Gasteiger partial charge in [-0.05, 0) is 43.0 Å². The number of carbonyl (C=O) groups excluding carboxylic acids is 3. The van der Waals surface area contributed by atoms with Crippen molar-refractivity contribution < 1.29 is 27.6 Å². The molecule has 178 valence electrons. The summed E-state index contributed by atoms with van der Waals surface area (Å²) in [6, 6.07) is 5.43. The Kier molecular flexibility index (Phi) is 6.42. The fourth-order valence-corrected chi connectivity index (χ4v) is 4.33. The summed E-state index contributed by atoms with van der Waals surface area (Å²) in [6.45, 7) is 2.86. The zero-order chi connectivity index (χ0) is 24.5. The molecule has 1 N–H and O–H groups in total. The largest absolute Gasteiger partial charge is 0.418 e. The number of amides is 4. The summed E-state index contributed by atoms with van der Waals surface area (Å²) in [5.41, 5.74) is -2.17. The summed E-state index contributed by atoms with van der Waals surface area (Å²) in [6.07, 6.45) is 0.601. The number of imide groups is 1. The lowest BCUT2D eigenvalue weighted by Crippen LogP contribution is -2.45. The monoisotopic (exact) mass is 489 g/mol. The first kappa shape index (κ1) is 23.5. The molecule has 12 heteroatoms. The van der Waals surface area contributed by atoms with Crippen molar-refractivity contribution in [3.8, 4) is 10.8 Å². The van der Waals surface area contributed by atoms with E-state index in [0.29, 0.717) is 23.8 Å². The summed E-state index contributed by atoms with van der Waals surface area (Å²) >= 11 is 1.43. The van der Waals surface area contributed by atoms with E-state index < -0.39 is 41.6 Å². The number of halogens is 2. The van der Waals surface area contributed by atoms with E-state index in [1.807, 2.05) is 24.4 Å². The van der Waals surface area contributed by atoms with Crippen molar-refractivity contribution in [1.29, 1.82) is 0 Å². The second-order valence-electron chi connectivity index (χ2n) is 7.86. The maximum absolute atomic E-state index is 14.3. The molecule has 0 spiro atoms. The van der Waals surface area contributed by atoms with Gasteiger partial charge in [0.15, 0.2) is 0 Å². The normalized spacial score (nSPS) is 17.8. The third-order valence-corrected chi connectivity index (χ3v) is 6.26. The molecule has 1 aliphatic rings. The van der Waals surface area contributed by atoms with E-state index in [0.717, 1.165) is 23.1 Å². The van der Waals surface area contributed by atoms with Crippen molar-refractivity contribution in [2.45, 2.75) is 32.4 Å². The highest BCUT2D eigenvalue weighted by atomic mass is 32.1. The number of hydrogen-bond acceptors (Lipinski definition) is 7. The minimum Gasteiger partial charge on any atom is -0.418 e. The predicted octanol–water partition coefficient (Wildman–Crippen LogP) is 3.28. The lowest BCUT2D eigenvalue weighted by Gasteiger charge is -2.24. The third kappa shape index (κ3) is 4.40. The van der Waals surface area contributed by atoms with Crippen molar-refractivity contribution in [2.75, 3.05) is 13.1 Å². The first-order chi connectivity index (χ1) is 16.2. The molecule has 1 fully saturated rings. The van der Waals surface area contributed by atoms with E-state index in [-0.39, 0.29) is 18.0 Å². The Morgan fingerprint density at radius 1 is 1.26 bits per heavy atom. The number of carbonyl (C=O) groups is 3. The van der Waals surface area contributed by atoms with Gasteiger partial charge in [-0.2, -0.15) is 0 Å². The molecule has 1 unspecified atom stereocenters. The van der Waals surface area contributed by atoms with Gasteiger partial charge in [0, 0.05) is 12.1 Å². The zero-order valence-electron chi connectivity index (χ0n) is 18.4. The van der Waals surface area contributed by atoms with Crippen LogP contribution in [0.1, 0.15) is 31.7 Å². The molecule has 0 saturated carbocycles. The molecule has 34 heavy (non-hydrogen) atoms. The molecule has 2 aromatic heterocycles. The van der Waals surface area contributed by atoms with Gasteiger partial charge in [0.25, 0.3) is 11.8 Å². The van der Waals surface area contributed by atoms with Crippen LogP contribution in [-0.4, -0.2) is 50.9 Å². The molecular weight excluding hydrogens is 468 g/mol. The van der Waals surface area contributed by atoms with Crippen LogP contribution in [0.15, 0.2) is 40.1 Å². The van der Waals surface area contributed by atoms with Crippen LogP contribution in [0, 0.1) is 11.6 Å². The molecule has 1 atom stereocenters. The molecule has 0 aliphatic carbocycles. The van der Waals surface area contributed by atoms with Crippen LogP contribution in [0.4, 0.5) is 13.6 Å². The Morgan fingerprint density at radius 3 is 2.76 bits per heavy atom. The van der Waals surface area contributed by atoms with Gasteiger partial charge in [-0.1, -0.05) is 13.0 Å². The van der Waals surface area contributed by atoms with Crippen LogP contribution in [0.25, 0.3) is 10.8 Å². The number of rotatable bonds is 8. The van der Waals surface area contributed by atoms with Crippen LogP contribution >= 0.6 is 11.3 Å². The third-order valence-electron chi connectivity index (χ3n) is 5.41. The average molecular weight is 490 g/mol. The van der Waals surface area contributed by atoms with E-state index in [1.54, 1.807) is 0 Å². The molecule has 3 aromatic rings. The molecule has 0 radical (unpaired) electrons. The van der Waals surface area contributed by atoms with E-state index in [9.17, 15) is 23.2 Å². The fourth-order valence-electron chi connectivity index (χ4n) is 3.68. The second kappa shape index (κ2) is 9.29. The molecule has 9 nitrogen and oxygen atoms in total. The molecule has 1 aliphatic heterocycles. The summed E-state index contributed by atoms with van der Waals surface area (Å²) in [5.74, 6) is -2.47. The van der Waals surface area contributed by atoms with Crippen molar-refractivity contribution >= 4 is 29.2 Å². The van der Waals surface area contributed by atoms with E-state index >= 15 is 0 Å². The van der Waals surface area contributed by atoms with Crippen molar-refractivity contribution in [2.24, 2.45) is 0 Å². The molecule has 1 aromatic carbocycles. The van der Waals surface area contributed by atoms with Crippen LogP contribution < -0.4 is 5.32 Å². The first-order valence-electron chi connectivity index (χ1n) is 10.5. The van der Waals surface area contributed by atoms with Gasteiger partial charge in [-0.3, -0.25) is 14.5 Å². The van der Waals surface area contributed by atoms with Gasteiger partial charge in [0.2, 0.25) is 11.8 Å². The number of nitrogens with one attached hydrogen (secondary N) is 1. The molecule has 1 saturated heterocycles. The van der Waals surface area contributed by atoms with Crippen LogP contribution in [0.3, 0.4) is 0 Å². The van der Waals surface area contributed by atoms with E-state index in [1.165, 1.54) is 23.2 Å². The maximum atomic E-state index is 14.3. The smallest absolute Gasteiger partial charge is 0.325 e. The summed E-state index contributed by atoms with van der Waals surface area (Å²) < 4.78 is 33.7. The first-order valence-corrected chi connectivity index (χ1v) is 11.3. The number of aromatic nitrogens is 2. The molecule has 0 bridgehead atoms. The van der Waals surface area contributed by atoms with E-state index in [2.05, 4.69) is 15.5 Å². The summed E-state index contributed by atoms with van der Waals surface area (Å²) in [5, 5.41) is 12.2. The zero-order valence-corrected chi connectivity index (χ0v) is 19.2. The molecule has 3 heterocycles. The van der Waals surface area contributed by atoms with Gasteiger partial charge in [0.05, 0.1) is 11.4 Å². The molecule has 4 amide bonds. The topological polar surface area (TPSA) is 109 Å². The van der Waals surface area contributed by atoms with Gasteiger partial charge >= 0.3 is 6.03 Å². The van der Waals surface area contributed by atoms with Gasteiger partial charge < -0.3 is 14.6 Å². The lowest BCUT2D eigenvalue weighted by atomic mass is 9.91. The minimum atomic E-state index is -1.85. The standard InChI is InChI=1S/C22H21F2N5O4S/c1-3-8-28(11-17-26-27-19(33-17)16-5-4-9-34-16)18(30)12-29-20(31)22(2,25-21(29)32)14-10-13(23)6-7-15(14)24/h4-7,9-10H,3,8,11-12H2,1-2H3,(H,25,32). The fraction of sp³-hybridized carbons (Fsp3) is 0.318. The number of benzene rings is 1. The minimum absolute atomic E-state index is 0.00943. The molecule has 4 rings (SSSR count). The lowest BCUT2D eigenvalue weighted by molar-refractivity contribution is -0.139. The number of thiophene rings is 1. The van der Waals surface area contributed by atoms with Crippen molar-refractivity contribution in [1.82, 2.24) is 25.3 Å².